The zero-order chi connectivity index (χ0) is 17.7. The summed E-state index contributed by atoms with van der Waals surface area (Å²) in [5.41, 5.74) is 0.0342. The van der Waals surface area contributed by atoms with E-state index in [1.165, 1.54) is 6.07 Å². The molecular formula is C19H21NO4. The minimum absolute atomic E-state index is 0.00494. The minimum Gasteiger partial charge on any atom is -0.491 e. The molecule has 2 rings (SSSR count). The molecule has 0 saturated heterocycles. The van der Waals surface area contributed by atoms with Gasteiger partial charge in [0.2, 0.25) is 0 Å². The number of fused-ring (bicyclic) bond motifs is 1. The number of carbonyl (C=O) groups excluding carboxylic acids is 1. The van der Waals surface area contributed by atoms with Crippen molar-refractivity contribution in [3.63, 3.8) is 0 Å². The normalized spacial score (nSPS) is 10.6. The number of ether oxygens (including phenoxy) is 1. The molecule has 0 N–H and O–H groups in total. The average molecular weight is 327 g/mol. The second-order valence-corrected chi connectivity index (χ2v) is 5.59. The largest absolute Gasteiger partial charge is 0.491 e. The first-order valence-corrected chi connectivity index (χ1v) is 7.72. The van der Waals surface area contributed by atoms with Crippen LogP contribution < -0.4 is 10.4 Å². The lowest BCUT2D eigenvalue weighted by Crippen LogP contribution is -2.32. The predicted molar refractivity (Wildman–Crippen MR) is 94.5 cm³/mol. The highest BCUT2D eigenvalue weighted by Gasteiger charge is 2.18. The van der Waals surface area contributed by atoms with E-state index in [1.807, 2.05) is 13.8 Å². The third kappa shape index (κ3) is 3.93. The maximum absolute atomic E-state index is 12.8. The van der Waals surface area contributed by atoms with Gasteiger partial charge in [0.15, 0.2) is 0 Å². The Bertz CT molecular complexity index is 810. The van der Waals surface area contributed by atoms with Crippen LogP contribution in [0.25, 0.3) is 11.0 Å². The Kier molecular flexibility index (Phi) is 5.58. The van der Waals surface area contributed by atoms with E-state index < -0.39 is 5.63 Å². The molecule has 0 unspecified atom stereocenters. The van der Waals surface area contributed by atoms with Gasteiger partial charge in [0, 0.05) is 30.6 Å². The molecule has 0 atom stereocenters. The van der Waals surface area contributed by atoms with E-state index in [4.69, 9.17) is 9.15 Å². The lowest BCUT2D eigenvalue weighted by atomic mass is 10.1. The lowest BCUT2D eigenvalue weighted by Gasteiger charge is -2.20. The van der Waals surface area contributed by atoms with Crippen molar-refractivity contribution in [3.8, 4) is 5.75 Å². The van der Waals surface area contributed by atoms with Gasteiger partial charge in [0.05, 0.1) is 11.7 Å². The third-order valence-corrected chi connectivity index (χ3v) is 3.30. The molecule has 126 valence electrons. The van der Waals surface area contributed by atoms with Gasteiger partial charge < -0.3 is 14.1 Å². The van der Waals surface area contributed by atoms with Crippen LogP contribution in [0.1, 0.15) is 24.2 Å². The van der Waals surface area contributed by atoms with E-state index in [2.05, 4.69) is 13.2 Å². The van der Waals surface area contributed by atoms with Crippen LogP contribution >= 0.6 is 0 Å². The van der Waals surface area contributed by atoms with Gasteiger partial charge in [-0.15, -0.1) is 13.2 Å². The number of nitrogens with zero attached hydrogens (tertiary/aromatic N) is 1. The highest BCUT2D eigenvalue weighted by molar-refractivity contribution is 6.05. The van der Waals surface area contributed by atoms with Gasteiger partial charge in [-0.25, -0.2) is 4.79 Å². The van der Waals surface area contributed by atoms with Gasteiger partial charge in [-0.3, -0.25) is 4.79 Å². The van der Waals surface area contributed by atoms with Crippen LogP contribution in [-0.4, -0.2) is 30.0 Å². The monoisotopic (exact) mass is 327 g/mol. The number of benzene rings is 1. The van der Waals surface area contributed by atoms with Gasteiger partial charge in [-0.2, -0.15) is 0 Å². The summed E-state index contributed by atoms with van der Waals surface area (Å²) < 4.78 is 10.8. The SMILES string of the molecule is C=CCN(CC=C)C(=O)c1cc(=O)oc2cc(OC(C)C)ccc12. The van der Waals surface area contributed by atoms with E-state index in [-0.39, 0.29) is 12.0 Å². The summed E-state index contributed by atoms with van der Waals surface area (Å²) in [6.45, 7) is 11.8. The summed E-state index contributed by atoms with van der Waals surface area (Å²) in [5.74, 6) is 0.310. The molecule has 0 aliphatic carbocycles. The molecule has 5 heteroatoms. The number of hydrogen-bond donors (Lipinski definition) is 0. The Morgan fingerprint density at radius 1 is 1.25 bits per heavy atom. The zero-order valence-electron chi connectivity index (χ0n) is 14.0. The molecule has 2 aromatic rings. The summed E-state index contributed by atoms with van der Waals surface area (Å²) in [4.78, 5) is 26.2. The fourth-order valence-electron chi connectivity index (χ4n) is 2.39. The van der Waals surface area contributed by atoms with Crippen molar-refractivity contribution in [2.75, 3.05) is 13.1 Å². The molecule has 0 bridgehead atoms. The Morgan fingerprint density at radius 2 is 1.92 bits per heavy atom. The van der Waals surface area contributed by atoms with Crippen LogP contribution in [0.5, 0.6) is 5.75 Å². The fraction of sp³-hybridized carbons (Fsp3) is 0.263. The average Bonchev–Trinajstić information content (AvgIpc) is 2.52. The van der Waals surface area contributed by atoms with Gasteiger partial charge in [0.1, 0.15) is 11.3 Å². The van der Waals surface area contributed by atoms with E-state index >= 15 is 0 Å². The molecule has 5 nitrogen and oxygen atoms in total. The molecule has 0 fully saturated rings. The predicted octanol–water partition coefficient (Wildman–Crippen LogP) is 3.39. The molecule has 0 spiro atoms. The van der Waals surface area contributed by atoms with Crippen molar-refractivity contribution in [1.29, 1.82) is 0 Å². The minimum atomic E-state index is -0.579. The smallest absolute Gasteiger partial charge is 0.337 e. The van der Waals surface area contributed by atoms with Crippen LogP contribution in [0.3, 0.4) is 0 Å². The maximum atomic E-state index is 12.8. The first-order chi connectivity index (χ1) is 11.5. The quantitative estimate of drug-likeness (QED) is 0.578. The van der Waals surface area contributed by atoms with Crippen LogP contribution in [0, 0.1) is 0 Å². The zero-order valence-corrected chi connectivity index (χ0v) is 14.0. The molecule has 0 saturated carbocycles. The van der Waals surface area contributed by atoms with E-state index in [0.29, 0.717) is 35.4 Å². The van der Waals surface area contributed by atoms with E-state index in [1.54, 1.807) is 35.3 Å². The molecule has 1 amide bonds. The Hall–Kier alpha value is -2.82. The second kappa shape index (κ2) is 7.64. The van der Waals surface area contributed by atoms with Gasteiger partial charge in [-0.1, -0.05) is 12.2 Å². The summed E-state index contributed by atoms with van der Waals surface area (Å²) in [6.07, 6.45) is 3.25. The Labute approximate surface area is 140 Å². The number of amides is 1. The van der Waals surface area contributed by atoms with Gasteiger partial charge in [-0.05, 0) is 26.0 Å². The molecule has 0 aliphatic heterocycles. The van der Waals surface area contributed by atoms with E-state index in [0.717, 1.165) is 0 Å². The van der Waals surface area contributed by atoms with Crippen molar-refractivity contribution in [2.24, 2.45) is 0 Å². The Morgan fingerprint density at radius 3 is 2.50 bits per heavy atom. The third-order valence-electron chi connectivity index (χ3n) is 3.30. The van der Waals surface area contributed by atoms with Gasteiger partial charge >= 0.3 is 5.63 Å². The van der Waals surface area contributed by atoms with E-state index in [9.17, 15) is 9.59 Å². The number of carbonyl (C=O) groups is 1. The van der Waals surface area contributed by atoms with Crippen LogP contribution in [-0.2, 0) is 0 Å². The maximum Gasteiger partial charge on any atom is 0.337 e. The fourth-order valence-corrected chi connectivity index (χ4v) is 2.39. The summed E-state index contributed by atoms with van der Waals surface area (Å²) >= 11 is 0. The van der Waals surface area contributed by atoms with Crippen molar-refractivity contribution >= 4 is 16.9 Å². The molecule has 0 radical (unpaired) electrons. The van der Waals surface area contributed by atoms with Gasteiger partial charge in [0.25, 0.3) is 5.91 Å². The lowest BCUT2D eigenvalue weighted by molar-refractivity contribution is 0.0792. The first-order valence-electron chi connectivity index (χ1n) is 7.72. The number of rotatable bonds is 7. The molecule has 1 heterocycles. The van der Waals surface area contributed by atoms with Crippen molar-refractivity contribution in [2.45, 2.75) is 20.0 Å². The number of hydrogen-bond acceptors (Lipinski definition) is 4. The second-order valence-electron chi connectivity index (χ2n) is 5.59. The standard InChI is InChI=1S/C19H21NO4/c1-5-9-20(10-6-2)19(22)16-12-18(21)24-17-11-14(23-13(3)4)7-8-15(16)17/h5-8,11-13H,1-2,9-10H2,3-4H3. The highest BCUT2D eigenvalue weighted by atomic mass is 16.5. The van der Waals surface area contributed by atoms with Crippen LogP contribution in [0.2, 0.25) is 0 Å². The van der Waals surface area contributed by atoms with Crippen LogP contribution in [0.4, 0.5) is 0 Å². The van der Waals surface area contributed by atoms with Crippen molar-refractivity contribution in [3.05, 3.63) is 65.6 Å². The highest BCUT2D eigenvalue weighted by Crippen LogP contribution is 2.24. The molecule has 1 aromatic carbocycles. The summed E-state index contributed by atoms with van der Waals surface area (Å²) in [7, 11) is 0. The molecule has 1 aromatic heterocycles. The van der Waals surface area contributed by atoms with Crippen molar-refractivity contribution < 1.29 is 13.9 Å². The topological polar surface area (TPSA) is 59.8 Å². The molecular weight excluding hydrogens is 306 g/mol. The first kappa shape index (κ1) is 17.5. The molecule has 24 heavy (non-hydrogen) atoms. The molecule has 0 aliphatic rings. The van der Waals surface area contributed by atoms with Crippen LogP contribution in [0.15, 0.2) is 58.8 Å². The Balaban J connectivity index is 2.53. The van der Waals surface area contributed by atoms with Crippen molar-refractivity contribution in [1.82, 2.24) is 4.90 Å². The summed E-state index contributed by atoms with van der Waals surface area (Å²) in [5, 5.41) is 0.564. The summed E-state index contributed by atoms with van der Waals surface area (Å²) in [6, 6.07) is 6.32.